The second kappa shape index (κ2) is 7.29. The van der Waals surface area contributed by atoms with Gasteiger partial charge in [-0.15, -0.1) is 0 Å². The van der Waals surface area contributed by atoms with E-state index >= 15 is 0 Å². The first-order valence-corrected chi connectivity index (χ1v) is 7.18. The average molecular weight is 227 g/mol. The Kier molecular flexibility index (Phi) is 6.37. The molecule has 0 aromatic heterocycles. The maximum absolute atomic E-state index is 6.26. The van der Waals surface area contributed by atoms with Crippen LogP contribution in [-0.4, -0.2) is 30.3 Å². The minimum Gasteiger partial charge on any atom is -0.360 e. The lowest BCUT2D eigenvalue weighted by Gasteiger charge is -2.38. The van der Waals surface area contributed by atoms with Crippen LogP contribution in [0.4, 0.5) is 0 Å². The van der Waals surface area contributed by atoms with Crippen LogP contribution >= 0.6 is 0 Å². The fourth-order valence-electron chi connectivity index (χ4n) is 2.81. The van der Waals surface area contributed by atoms with E-state index in [0.29, 0.717) is 0 Å². The van der Waals surface area contributed by atoms with Gasteiger partial charge in [-0.3, -0.25) is 4.90 Å². The Morgan fingerprint density at radius 2 is 1.94 bits per heavy atom. The highest BCUT2D eigenvalue weighted by atomic mass is 16.5. The fraction of sp³-hybridized carbons (Fsp3) is 1.00. The first-order chi connectivity index (χ1) is 7.79. The van der Waals surface area contributed by atoms with E-state index in [-0.39, 0.29) is 5.72 Å². The molecule has 0 spiro atoms. The van der Waals surface area contributed by atoms with Gasteiger partial charge in [0.25, 0.3) is 0 Å². The molecule has 0 aliphatic carbocycles. The Morgan fingerprint density at radius 3 is 2.56 bits per heavy atom. The molecule has 0 saturated carbocycles. The van der Waals surface area contributed by atoms with Crippen LogP contribution in [-0.2, 0) is 4.74 Å². The Balaban J connectivity index is 2.54. The summed E-state index contributed by atoms with van der Waals surface area (Å²) in [5.74, 6) is 0. The average Bonchev–Trinajstić information content (AvgIpc) is 2.64. The largest absolute Gasteiger partial charge is 0.360 e. The number of hydrogen-bond donors (Lipinski definition) is 0. The minimum absolute atomic E-state index is 0.0972. The predicted molar refractivity (Wildman–Crippen MR) is 69.6 cm³/mol. The van der Waals surface area contributed by atoms with Gasteiger partial charge >= 0.3 is 0 Å². The van der Waals surface area contributed by atoms with Crippen LogP contribution in [0.2, 0.25) is 0 Å². The number of ether oxygens (including phenoxy) is 1. The highest BCUT2D eigenvalue weighted by Gasteiger charge is 2.40. The van der Waals surface area contributed by atoms with Crippen molar-refractivity contribution < 1.29 is 4.74 Å². The van der Waals surface area contributed by atoms with E-state index in [9.17, 15) is 0 Å². The van der Waals surface area contributed by atoms with Gasteiger partial charge in [0.15, 0.2) is 0 Å². The minimum atomic E-state index is 0.0972. The monoisotopic (exact) mass is 227 g/mol. The van der Waals surface area contributed by atoms with E-state index in [0.717, 1.165) is 6.61 Å². The predicted octanol–water partition coefficient (Wildman–Crippen LogP) is 3.81. The molecule has 1 saturated heterocycles. The van der Waals surface area contributed by atoms with Crippen molar-refractivity contribution in [2.45, 2.75) is 71.4 Å². The molecule has 1 aliphatic heterocycles. The molecule has 1 rings (SSSR count). The standard InChI is InChI=1S/C14H29NO/c1-4-7-13-16-14(9-5-2)10-8-12-15(14)11-6-3/h4-13H2,1-3H3. The molecule has 0 bridgehead atoms. The van der Waals surface area contributed by atoms with Gasteiger partial charge in [-0.1, -0.05) is 33.6 Å². The molecule has 1 atom stereocenters. The lowest BCUT2D eigenvalue weighted by atomic mass is 10.0. The lowest BCUT2D eigenvalue weighted by Crippen LogP contribution is -2.46. The molecule has 0 amide bonds. The molecular formula is C14H29NO. The summed E-state index contributed by atoms with van der Waals surface area (Å²) in [7, 11) is 0. The number of hydrogen-bond acceptors (Lipinski definition) is 2. The third-order valence-corrected chi connectivity index (χ3v) is 3.57. The van der Waals surface area contributed by atoms with E-state index in [1.165, 1.54) is 58.0 Å². The van der Waals surface area contributed by atoms with E-state index < -0.39 is 0 Å². The fourth-order valence-corrected chi connectivity index (χ4v) is 2.81. The summed E-state index contributed by atoms with van der Waals surface area (Å²) in [5.41, 5.74) is 0.0972. The van der Waals surface area contributed by atoms with Crippen molar-refractivity contribution in [3.05, 3.63) is 0 Å². The molecule has 1 aliphatic rings. The molecule has 0 radical (unpaired) electrons. The van der Waals surface area contributed by atoms with Gasteiger partial charge in [0.2, 0.25) is 0 Å². The van der Waals surface area contributed by atoms with E-state index in [4.69, 9.17) is 4.74 Å². The molecule has 1 heterocycles. The Hall–Kier alpha value is -0.0800. The van der Waals surface area contributed by atoms with Crippen molar-refractivity contribution in [1.29, 1.82) is 0 Å². The van der Waals surface area contributed by atoms with Crippen LogP contribution < -0.4 is 0 Å². The van der Waals surface area contributed by atoms with E-state index in [1.807, 2.05) is 0 Å². The maximum atomic E-state index is 6.26. The summed E-state index contributed by atoms with van der Waals surface area (Å²) in [6, 6.07) is 0. The highest BCUT2D eigenvalue weighted by molar-refractivity contribution is 4.87. The first-order valence-electron chi connectivity index (χ1n) is 7.18. The third-order valence-electron chi connectivity index (χ3n) is 3.57. The van der Waals surface area contributed by atoms with Gasteiger partial charge in [0.05, 0.1) is 0 Å². The second-order valence-corrected chi connectivity index (χ2v) is 4.99. The summed E-state index contributed by atoms with van der Waals surface area (Å²) >= 11 is 0. The van der Waals surface area contributed by atoms with Gasteiger partial charge in [-0.2, -0.15) is 0 Å². The summed E-state index contributed by atoms with van der Waals surface area (Å²) in [6.07, 6.45) is 8.66. The summed E-state index contributed by atoms with van der Waals surface area (Å²) < 4.78 is 6.26. The number of unbranched alkanes of at least 4 members (excludes halogenated alkanes) is 1. The maximum Gasteiger partial charge on any atom is 0.121 e. The summed E-state index contributed by atoms with van der Waals surface area (Å²) in [4.78, 5) is 2.59. The molecule has 2 nitrogen and oxygen atoms in total. The zero-order valence-corrected chi connectivity index (χ0v) is 11.4. The Labute approximate surface area is 101 Å². The smallest absolute Gasteiger partial charge is 0.121 e. The zero-order chi connectivity index (χ0) is 11.9. The SMILES string of the molecule is CCCCOC1(CCC)CCCN1CCC. The quantitative estimate of drug-likeness (QED) is 0.585. The van der Waals surface area contributed by atoms with Crippen molar-refractivity contribution in [2.24, 2.45) is 0 Å². The van der Waals surface area contributed by atoms with E-state index in [2.05, 4.69) is 25.7 Å². The topological polar surface area (TPSA) is 12.5 Å². The van der Waals surface area contributed by atoms with Crippen LogP contribution in [0, 0.1) is 0 Å². The number of rotatable bonds is 8. The second-order valence-electron chi connectivity index (χ2n) is 4.99. The molecule has 1 fully saturated rings. The normalized spacial score (nSPS) is 26.4. The molecular weight excluding hydrogens is 198 g/mol. The molecule has 16 heavy (non-hydrogen) atoms. The van der Waals surface area contributed by atoms with Crippen LogP contribution in [0.3, 0.4) is 0 Å². The van der Waals surface area contributed by atoms with Gasteiger partial charge in [0.1, 0.15) is 5.72 Å². The Bertz CT molecular complexity index is 184. The van der Waals surface area contributed by atoms with Gasteiger partial charge in [-0.05, 0) is 32.1 Å². The van der Waals surface area contributed by atoms with Crippen molar-refractivity contribution in [2.75, 3.05) is 19.7 Å². The number of likely N-dealkylation sites (tertiary alicyclic amines) is 1. The van der Waals surface area contributed by atoms with Gasteiger partial charge in [0, 0.05) is 19.7 Å². The van der Waals surface area contributed by atoms with Gasteiger partial charge < -0.3 is 4.74 Å². The molecule has 0 aromatic carbocycles. The van der Waals surface area contributed by atoms with Crippen LogP contribution in [0.25, 0.3) is 0 Å². The third kappa shape index (κ3) is 3.46. The van der Waals surface area contributed by atoms with Crippen LogP contribution in [0.5, 0.6) is 0 Å². The number of nitrogens with zero attached hydrogens (tertiary/aromatic N) is 1. The molecule has 1 unspecified atom stereocenters. The molecule has 0 aromatic rings. The lowest BCUT2D eigenvalue weighted by molar-refractivity contribution is -0.141. The first kappa shape index (κ1) is 14.0. The van der Waals surface area contributed by atoms with Crippen LogP contribution in [0.15, 0.2) is 0 Å². The van der Waals surface area contributed by atoms with E-state index in [1.54, 1.807) is 0 Å². The highest BCUT2D eigenvalue weighted by Crippen LogP contribution is 2.35. The summed E-state index contributed by atoms with van der Waals surface area (Å²) in [6.45, 7) is 10.1. The van der Waals surface area contributed by atoms with Gasteiger partial charge in [-0.25, -0.2) is 0 Å². The zero-order valence-electron chi connectivity index (χ0n) is 11.4. The molecule has 2 heteroatoms. The van der Waals surface area contributed by atoms with Crippen molar-refractivity contribution in [1.82, 2.24) is 4.90 Å². The van der Waals surface area contributed by atoms with Crippen molar-refractivity contribution >= 4 is 0 Å². The molecule has 96 valence electrons. The van der Waals surface area contributed by atoms with Crippen molar-refractivity contribution in [3.63, 3.8) is 0 Å². The Morgan fingerprint density at radius 1 is 1.12 bits per heavy atom. The molecule has 0 N–H and O–H groups in total. The van der Waals surface area contributed by atoms with Crippen LogP contribution in [0.1, 0.15) is 65.7 Å². The van der Waals surface area contributed by atoms with Crippen molar-refractivity contribution in [3.8, 4) is 0 Å². The summed E-state index contributed by atoms with van der Waals surface area (Å²) in [5, 5.41) is 0.